The Bertz CT molecular complexity index is 885. The van der Waals surface area contributed by atoms with Crippen molar-refractivity contribution >= 4 is 16.7 Å². The first kappa shape index (κ1) is 18.1. The molecule has 1 aromatic heterocycles. The Morgan fingerprint density at radius 2 is 1.69 bits per heavy atom. The molecule has 0 aliphatic rings. The van der Waals surface area contributed by atoms with Crippen LogP contribution >= 0.6 is 0 Å². The van der Waals surface area contributed by atoms with Crippen LogP contribution in [0, 0.1) is 0 Å². The van der Waals surface area contributed by atoms with Gasteiger partial charge >= 0.3 is 0 Å². The highest BCUT2D eigenvalue weighted by Crippen LogP contribution is 2.32. The number of aromatic nitrogens is 2. The van der Waals surface area contributed by atoms with Crippen LogP contribution in [0.15, 0.2) is 36.4 Å². The molecule has 0 spiro atoms. The molecule has 26 heavy (non-hydrogen) atoms. The van der Waals surface area contributed by atoms with Crippen LogP contribution in [0.1, 0.15) is 11.4 Å². The van der Waals surface area contributed by atoms with E-state index in [9.17, 15) is 0 Å². The van der Waals surface area contributed by atoms with E-state index in [0.29, 0.717) is 11.5 Å². The van der Waals surface area contributed by atoms with E-state index in [1.807, 2.05) is 36.4 Å². The lowest BCUT2D eigenvalue weighted by atomic mass is 10.1. The molecular weight excluding hydrogens is 328 g/mol. The van der Waals surface area contributed by atoms with Crippen molar-refractivity contribution in [2.75, 3.05) is 40.6 Å². The van der Waals surface area contributed by atoms with Gasteiger partial charge in [0.15, 0.2) is 11.5 Å². The van der Waals surface area contributed by atoms with Gasteiger partial charge in [0.25, 0.3) is 0 Å². The zero-order chi connectivity index (χ0) is 18.7. The van der Waals surface area contributed by atoms with Gasteiger partial charge < -0.3 is 24.7 Å². The number of hydrogen-bond acceptors (Lipinski definition) is 5. The Balaban J connectivity index is 2.06. The van der Waals surface area contributed by atoms with Crippen LogP contribution in [0.5, 0.6) is 11.5 Å². The Kier molecular flexibility index (Phi) is 5.32. The minimum absolute atomic E-state index is 0.691. The minimum Gasteiger partial charge on any atom is -0.493 e. The number of nitrogen functional groups attached to an aromatic ring is 1. The lowest BCUT2D eigenvalue weighted by Gasteiger charge is -2.14. The third-order valence-electron chi connectivity index (χ3n) is 4.45. The maximum atomic E-state index is 5.80. The lowest BCUT2D eigenvalue weighted by molar-refractivity contribution is 0.355. The largest absolute Gasteiger partial charge is 0.493 e. The molecule has 0 atom stereocenters. The van der Waals surface area contributed by atoms with E-state index in [1.165, 1.54) is 5.56 Å². The van der Waals surface area contributed by atoms with Crippen LogP contribution in [-0.2, 0) is 13.0 Å². The Morgan fingerprint density at radius 3 is 2.31 bits per heavy atom. The van der Waals surface area contributed by atoms with Crippen molar-refractivity contribution in [1.82, 2.24) is 14.5 Å². The number of likely N-dealkylation sites (N-methyl/N-ethyl adjacent to an activating group) is 1. The van der Waals surface area contributed by atoms with E-state index in [4.69, 9.17) is 20.2 Å². The van der Waals surface area contributed by atoms with E-state index in [2.05, 4.69) is 23.6 Å². The van der Waals surface area contributed by atoms with Crippen molar-refractivity contribution < 1.29 is 9.47 Å². The molecule has 0 saturated heterocycles. The normalized spacial score (nSPS) is 11.3. The molecule has 0 amide bonds. The molecule has 3 rings (SSSR count). The van der Waals surface area contributed by atoms with Gasteiger partial charge in [-0.15, -0.1) is 0 Å². The van der Waals surface area contributed by atoms with E-state index >= 15 is 0 Å². The highest BCUT2D eigenvalue weighted by molar-refractivity contribution is 5.80. The molecule has 3 aromatic rings. The first-order chi connectivity index (χ1) is 12.5. The minimum atomic E-state index is 0.691. The summed E-state index contributed by atoms with van der Waals surface area (Å²) in [7, 11) is 7.44. The summed E-state index contributed by atoms with van der Waals surface area (Å²) in [5.41, 5.74) is 9.71. The number of nitrogens with zero attached hydrogens (tertiary/aromatic N) is 3. The second-order valence-electron chi connectivity index (χ2n) is 6.60. The molecular formula is C20H26N4O2. The van der Waals surface area contributed by atoms with Gasteiger partial charge in [-0.05, 0) is 31.8 Å². The van der Waals surface area contributed by atoms with Crippen molar-refractivity contribution in [3.05, 3.63) is 47.8 Å². The molecule has 2 N–H and O–H groups in total. The average Bonchev–Trinajstić information content (AvgIpc) is 2.96. The smallest absolute Gasteiger partial charge is 0.163 e. The predicted octanol–water partition coefficient (Wildman–Crippen LogP) is 2.79. The molecule has 0 saturated carbocycles. The molecule has 2 aromatic carbocycles. The van der Waals surface area contributed by atoms with E-state index in [1.54, 1.807) is 14.2 Å². The summed E-state index contributed by atoms with van der Waals surface area (Å²) in [6, 6.07) is 11.9. The van der Waals surface area contributed by atoms with Crippen LogP contribution < -0.4 is 15.2 Å². The molecule has 138 valence electrons. The highest BCUT2D eigenvalue weighted by Gasteiger charge is 2.15. The number of anilines is 1. The Morgan fingerprint density at radius 1 is 1.04 bits per heavy atom. The standard InChI is InChI=1S/C20H26N4O2/c1-23(2)9-10-24-17-13-19(26-4)18(25-3)12-16(17)22-20(24)11-14-5-7-15(21)8-6-14/h5-8,12-13H,9-11,21H2,1-4H3. The fourth-order valence-electron chi connectivity index (χ4n) is 3.00. The summed E-state index contributed by atoms with van der Waals surface area (Å²) in [6.07, 6.45) is 0.743. The number of rotatable bonds is 7. The van der Waals surface area contributed by atoms with Crippen molar-refractivity contribution in [3.63, 3.8) is 0 Å². The number of ether oxygens (including phenoxy) is 2. The highest BCUT2D eigenvalue weighted by atomic mass is 16.5. The van der Waals surface area contributed by atoms with Crippen LogP contribution in [0.25, 0.3) is 11.0 Å². The summed E-state index contributed by atoms with van der Waals surface area (Å²) in [4.78, 5) is 7.04. The molecule has 6 heteroatoms. The summed E-state index contributed by atoms with van der Waals surface area (Å²) >= 11 is 0. The van der Waals surface area contributed by atoms with Crippen LogP contribution in [0.3, 0.4) is 0 Å². The molecule has 6 nitrogen and oxygen atoms in total. The van der Waals surface area contributed by atoms with Crippen LogP contribution in [-0.4, -0.2) is 49.3 Å². The zero-order valence-electron chi connectivity index (χ0n) is 15.8. The Hall–Kier alpha value is -2.73. The number of fused-ring (bicyclic) bond motifs is 1. The lowest BCUT2D eigenvalue weighted by Crippen LogP contribution is -2.19. The molecule has 0 radical (unpaired) electrons. The van der Waals surface area contributed by atoms with Crippen molar-refractivity contribution in [2.45, 2.75) is 13.0 Å². The first-order valence-electron chi connectivity index (χ1n) is 8.62. The molecule has 0 fully saturated rings. The monoisotopic (exact) mass is 354 g/mol. The predicted molar refractivity (Wildman–Crippen MR) is 105 cm³/mol. The fraction of sp³-hybridized carbons (Fsp3) is 0.350. The number of imidazole rings is 1. The summed E-state index contributed by atoms with van der Waals surface area (Å²) in [5.74, 6) is 2.42. The maximum Gasteiger partial charge on any atom is 0.163 e. The van der Waals surface area contributed by atoms with Gasteiger partial charge in [-0.25, -0.2) is 4.98 Å². The third-order valence-corrected chi connectivity index (χ3v) is 4.45. The summed E-state index contributed by atoms with van der Waals surface area (Å²) < 4.78 is 13.2. The van der Waals surface area contributed by atoms with Crippen molar-refractivity contribution in [1.29, 1.82) is 0 Å². The number of benzene rings is 2. The summed E-state index contributed by atoms with van der Waals surface area (Å²) in [6.45, 7) is 1.78. The van der Waals surface area contributed by atoms with Crippen molar-refractivity contribution in [3.8, 4) is 11.5 Å². The molecule has 1 heterocycles. The fourth-order valence-corrected chi connectivity index (χ4v) is 3.00. The van der Waals surface area contributed by atoms with Gasteiger partial charge in [-0.3, -0.25) is 0 Å². The maximum absolute atomic E-state index is 5.80. The van der Waals surface area contributed by atoms with Crippen LogP contribution in [0.2, 0.25) is 0 Å². The molecule has 0 aliphatic carbocycles. The molecule has 0 unspecified atom stereocenters. The zero-order valence-corrected chi connectivity index (χ0v) is 15.8. The first-order valence-corrected chi connectivity index (χ1v) is 8.62. The topological polar surface area (TPSA) is 65.5 Å². The number of hydrogen-bond donors (Lipinski definition) is 1. The average molecular weight is 354 g/mol. The van der Waals surface area contributed by atoms with E-state index in [-0.39, 0.29) is 0 Å². The van der Waals surface area contributed by atoms with Gasteiger partial charge in [0, 0.05) is 37.3 Å². The van der Waals surface area contributed by atoms with Gasteiger partial charge in [0.2, 0.25) is 0 Å². The Labute approximate surface area is 154 Å². The SMILES string of the molecule is COc1cc2nc(Cc3ccc(N)cc3)n(CCN(C)C)c2cc1OC. The third kappa shape index (κ3) is 3.75. The van der Waals surface area contributed by atoms with Crippen molar-refractivity contribution in [2.24, 2.45) is 0 Å². The number of methoxy groups -OCH3 is 2. The van der Waals surface area contributed by atoms with E-state index in [0.717, 1.165) is 42.1 Å². The second kappa shape index (κ2) is 7.66. The van der Waals surface area contributed by atoms with E-state index < -0.39 is 0 Å². The molecule has 0 bridgehead atoms. The van der Waals surface area contributed by atoms with Gasteiger partial charge in [-0.1, -0.05) is 12.1 Å². The second-order valence-corrected chi connectivity index (χ2v) is 6.60. The van der Waals surface area contributed by atoms with Gasteiger partial charge in [-0.2, -0.15) is 0 Å². The quantitative estimate of drug-likeness (QED) is 0.661. The molecule has 0 aliphatic heterocycles. The van der Waals surface area contributed by atoms with Crippen LogP contribution in [0.4, 0.5) is 5.69 Å². The summed E-state index contributed by atoms with van der Waals surface area (Å²) in [5, 5.41) is 0. The van der Waals surface area contributed by atoms with Gasteiger partial charge in [0.05, 0.1) is 25.3 Å². The van der Waals surface area contributed by atoms with Gasteiger partial charge in [0.1, 0.15) is 5.82 Å². The number of nitrogens with two attached hydrogens (primary N) is 1.